The average Bonchev–Trinajstić information content (AvgIpc) is 2.43. The minimum atomic E-state index is -0.404. The molecule has 0 amide bonds. The lowest BCUT2D eigenvalue weighted by Gasteiger charge is -2.16. The predicted octanol–water partition coefficient (Wildman–Crippen LogP) is 3.61. The first-order valence-electron chi connectivity index (χ1n) is 6.02. The molecule has 3 radical (unpaired) electrons. The van der Waals surface area contributed by atoms with E-state index < -0.39 is 6.29 Å². The van der Waals surface area contributed by atoms with Gasteiger partial charge in [0.1, 0.15) is 5.75 Å². The highest BCUT2D eigenvalue weighted by molar-refractivity contribution is 5.98. The Bertz CT molecular complexity index is 542. The van der Waals surface area contributed by atoms with Gasteiger partial charge in [0.2, 0.25) is 0 Å². The van der Waals surface area contributed by atoms with Gasteiger partial charge in [-0.3, -0.25) is 0 Å². The summed E-state index contributed by atoms with van der Waals surface area (Å²) in [4.78, 5) is 0. The normalized spacial score (nSPS) is 11.9. The highest BCUT2D eigenvalue weighted by Crippen LogP contribution is 2.33. The monoisotopic (exact) mass is 271 g/mol. The molecule has 2 aromatic rings. The first-order valence-corrected chi connectivity index (χ1v) is 6.43. The van der Waals surface area contributed by atoms with Crippen LogP contribution in [0.15, 0.2) is 48.5 Å². The number of para-hydroxylation sites is 3. The number of ether oxygens (including phenoxy) is 2. The Morgan fingerprint density at radius 3 is 2.11 bits per heavy atom. The van der Waals surface area contributed by atoms with Crippen molar-refractivity contribution in [3.63, 3.8) is 0 Å². The standard InChI is InChI=1S/C15H15O3Si/c1-11-7-3-4-8-13(11)17-15-10-6-5-9-14(15)16-12(2)18-19/h3-10,12H,1-2H3. The van der Waals surface area contributed by atoms with Crippen LogP contribution in [-0.4, -0.2) is 16.8 Å². The summed E-state index contributed by atoms with van der Waals surface area (Å²) < 4.78 is 16.4. The zero-order valence-corrected chi connectivity index (χ0v) is 11.9. The van der Waals surface area contributed by atoms with E-state index in [0.29, 0.717) is 11.5 Å². The molecule has 19 heavy (non-hydrogen) atoms. The van der Waals surface area contributed by atoms with Gasteiger partial charge < -0.3 is 13.9 Å². The van der Waals surface area contributed by atoms with E-state index in [-0.39, 0.29) is 0 Å². The van der Waals surface area contributed by atoms with E-state index in [4.69, 9.17) is 13.9 Å². The lowest BCUT2D eigenvalue weighted by Crippen LogP contribution is -2.14. The fourth-order valence-corrected chi connectivity index (χ4v) is 1.67. The molecule has 97 valence electrons. The smallest absolute Gasteiger partial charge is 0.251 e. The molecule has 0 bridgehead atoms. The first kappa shape index (κ1) is 13.6. The molecule has 2 rings (SSSR count). The molecule has 0 saturated heterocycles. The van der Waals surface area contributed by atoms with Gasteiger partial charge in [0.15, 0.2) is 17.8 Å². The van der Waals surface area contributed by atoms with Crippen LogP contribution in [0.25, 0.3) is 0 Å². The quantitative estimate of drug-likeness (QED) is 0.614. The second-order valence-corrected chi connectivity index (χ2v) is 4.35. The van der Waals surface area contributed by atoms with Gasteiger partial charge in [-0.05, 0) is 37.6 Å². The first-order chi connectivity index (χ1) is 9.20. The third-order valence-corrected chi connectivity index (χ3v) is 2.95. The number of aryl methyl sites for hydroxylation is 1. The molecule has 1 atom stereocenters. The summed E-state index contributed by atoms with van der Waals surface area (Å²) in [5, 5.41) is 0. The number of benzene rings is 2. The van der Waals surface area contributed by atoms with E-state index in [2.05, 4.69) is 10.5 Å². The molecule has 0 saturated carbocycles. The molecule has 0 aliphatic heterocycles. The van der Waals surface area contributed by atoms with Gasteiger partial charge in [0.05, 0.1) is 0 Å². The molecular weight excluding hydrogens is 256 g/mol. The SMILES string of the molecule is Cc1ccccc1Oc1ccccc1OC(C)O[Si]. The van der Waals surface area contributed by atoms with Gasteiger partial charge in [0.25, 0.3) is 10.5 Å². The van der Waals surface area contributed by atoms with Gasteiger partial charge in [-0.15, -0.1) is 0 Å². The van der Waals surface area contributed by atoms with Gasteiger partial charge in [-0.2, -0.15) is 0 Å². The minimum absolute atomic E-state index is 0.404. The lowest BCUT2D eigenvalue weighted by atomic mass is 10.2. The van der Waals surface area contributed by atoms with Gasteiger partial charge in [0, 0.05) is 0 Å². The Hall–Kier alpha value is -1.78. The fraction of sp³-hybridized carbons (Fsp3) is 0.200. The molecule has 0 aliphatic carbocycles. The number of hydrogen-bond donors (Lipinski definition) is 0. The van der Waals surface area contributed by atoms with Crippen LogP contribution in [-0.2, 0) is 4.43 Å². The van der Waals surface area contributed by atoms with Crippen LogP contribution >= 0.6 is 0 Å². The van der Waals surface area contributed by atoms with E-state index in [0.717, 1.165) is 11.3 Å². The second kappa shape index (κ2) is 6.40. The largest absolute Gasteiger partial charge is 0.462 e. The van der Waals surface area contributed by atoms with Crippen LogP contribution in [0, 0.1) is 6.92 Å². The van der Waals surface area contributed by atoms with Crippen molar-refractivity contribution in [3.05, 3.63) is 54.1 Å². The zero-order chi connectivity index (χ0) is 13.7. The predicted molar refractivity (Wildman–Crippen MR) is 74.6 cm³/mol. The van der Waals surface area contributed by atoms with Crippen molar-refractivity contribution in [1.82, 2.24) is 0 Å². The van der Waals surface area contributed by atoms with Crippen molar-refractivity contribution in [2.45, 2.75) is 20.1 Å². The summed E-state index contributed by atoms with van der Waals surface area (Å²) in [5.41, 5.74) is 1.07. The molecule has 0 aliphatic rings. The molecule has 2 aromatic carbocycles. The third kappa shape index (κ3) is 3.59. The van der Waals surface area contributed by atoms with Gasteiger partial charge in [-0.1, -0.05) is 30.3 Å². The van der Waals surface area contributed by atoms with E-state index in [9.17, 15) is 0 Å². The summed E-state index contributed by atoms with van der Waals surface area (Å²) >= 11 is 0. The van der Waals surface area contributed by atoms with Crippen LogP contribution in [0.3, 0.4) is 0 Å². The maximum Gasteiger partial charge on any atom is 0.251 e. The molecule has 1 unspecified atom stereocenters. The lowest BCUT2D eigenvalue weighted by molar-refractivity contribution is 0.0278. The van der Waals surface area contributed by atoms with Gasteiger partial charge in [-0.25, -0.2) is 0 Å². The Kier molecular flexibility index (Phi) is 4.60. The molecule has 0 heterocycles. The third-order valence-electron chi connectivity index (χ3n) is 2.62. The molecule has 0 aromatic heterocycles. The van der Waals surface area contributed by atoms with Crippen molar-refractivity contribution in [3.8, 4) is 17.2 Å². The Balaban J connectivity index is 2.23. The van der Waals surface area contributed by atoms with Crippen molar-refractivity contribution in [2.24, 2.45) is 0 Å². The van der Waals surface area contributed by atoms with Crippen LogP contribution in [0.4, 0.5) is 0 Å². The summed E-state index contributed by atoms with van der Waals surface area (Å²) in [7, 11) is 2.96. The Morgan fingerprint density at radius 2 is 1.47 bits per heavy atom. The van der Waals surface area contributed by atoms with Gasteiger partial charge >= 0.3 is 0 Å². The highest BCUT2D eigenvalue weighted by Gasteiger charge is 2.09. The molecule has 0 fully saturated rings. The van der Waals surface area contributed by atoms with Crippen molar-refractivity contribution in [1.29, 1.82) is 0 Å². The summed E-state index contributed by atoms with van der Waals surface area (Å²) in [6.45, 7) is 3.79. The van der Waals surface area contributed by atoms with Crippen LogP contribution < -0.4 is 9.47 Å². The zero-order valence-electron chi connectivity index (χ0n) is 10.9. The Morgan fingerprint density at radius 1 is 0.895 bits per heavy atom. The number of hydrogen-bond acceptors (Lipinski definition) is 3. The highest BCUT2D eigenvalue weighted by atomic mass is 28.2. The topological polar surface area (TPSA) is 27.7 Å². The van der Waals surface area contributed by atoms with E-state index >= 15 is 0 Å². The summed E-state index contributed by atoms with van der Waals surface area (Å²) in [5.74, 6) is 2.11. The molecule has 0 spiro atoms. The maximum atomic E-state index is 5.89. The molecular formula is C15H15O3Si. The number of rotatable bonds is 5. The molecule has 3 nitrogen and oxygen atoms in total. The summed E-state index contributed by atoms with van der Waals surface area (Å²) in [6.07, 6.45) is -0.404. The van der Waals surface area contributed by atoms with Crippen LogP contribution in [0.5, 0.6) is 17.2 Å². The van der Waals surface area contributed by atoms with E-state index in [1.54, 1.807) is 6.92 Å². The molecule has 0 N–H and O–H groups in total. The van der Waals surface area contributed by atoms with E-state index in [1.807, 2.05) is 55.5 Å². The van der Waals surface area contributed by atoms with Crippen LogP contribution in [0.1, 0.15) is 12.5 Å². The maximum absolute atomic E-state index is 5.89. The second-order valence-electron chi connectivity index (χ2n) is 4.12. The van der Waals surface area contributed by atoms with Crippen molar-refractivity contribution >= 4 is 10.5 Å². The van der Waals surface area contributed by atoms with E-state index in [1.165, 1.54) is 0 Å². The average molecular weight is 271 g/mol. The van der Waals surface area contributed by atoms with Crippen molar-refractivity contribution < 1.29 is 13.9 Å². The van der Waals surface area contributed by atoms with Crippen LogP contribution in [0.2, 0.25) is 0 Å². The van der Waals surface area contributed by atoms with Crippen molar-refractivity contribution in [2.75, 3.05) is 0 Å². The fourth-order valence-electron chi connectivity index (χ4n) is 1.62. The molecule has 4 heteroatoms. The summed E-state index contributed by atoms with van der Waals surface area (Å²) in [6, 6.07) is 15.3. The Labute approximate surface area is 116 Å². The minimum Gasteiger partial charge on any atom is -0.462 e.